The highest BCUT2D eigenvalue weighted by Gasteiger charge is 2.26. The molecule has 10 nitrogen and oxygen atoms in total. The predicted molar refractivity (Wildman–Crippen MR) is 117 cm³/mol. The molecule has 0 spiro atoms. The quantitative estimate of drug-likeness (QED) is 0.337. The summed E-state index contributed by atoms with van der Waals surface area (Å²) in [6.45, 7) is 3.55. The van der Waals surface area contributed by atoms with Crippen LogP contribution in [0, 0.1) is 10.1 Å². The first-order valence-electron chi connectivity index (χ1n) is 9.70. The second-order valence-corrected chi connectivity index (χ2v) is 9.05. The Bertz CT molecular complexity index is 1140. The molecule has 0 aromatic heterocycles. The molecular weight excluding hydrogens is 440 g/mol. The molecule has 0 heterocycles. The number of nitrogens with one attached hydrogen (secondary N) is 1. The van der Waals surface area contributed by atoms with Crippen LogP contribution < -0.4 is 10.1 Å². The SMILES string of the molecule is CCC(CC)S(=O)(=O)c1ccc(OC)c(NC(=O)c2cc(C(=O)OC)cc([N+](=O)[O-])c2)c1. The average Bonchev–Trinajstić information content (AvgIpc) is 2.78. The van der Waals surface area contributed by atoms with Gasteiger partial charge in [-0.15, -0.1) is 0 Å². The fourth-order valence-corrected chi connectivity index (χ4v) is 4.96. The Morgan fingerprint density at radius 1 is 1.06 bits per heavy atom. The molecule has 0 atom stereocenters. The Kier molecular flexibility index (Phi) is 7.92. The van der Waals surface area contributed by atoms with Gasteiger partial charge in [0.25, 0.3) is 11.6 Å². The largest absolute Gasteiger partial charge is 0.495 e. The fourth-order valence-electron chi connectivity index (χ4n) is 3.16. The summed E-state index contributed by atoms with van der Waals surface area (Å²) in [5, 5.41) is 13.1. The van der Waals surface area contributed by atoms with Gasteiger partial charge in [0.05, 0.1) is 40.5 Å². The average molecular weight is 464 g/mol. The standard InChI is InChI=1S/C21H24N2O8S/c1-5-16(6-2)32(28,29)17-7-8-19(30-3)18(12-17)22-20(24)13-9-14(21(25)31-4)11-15(10-13)23(26)27/h7-12,16H,5-6H2,1-4H3,(H,22,24). The summed E-state index contributed by atoms with van der Waals surface area (Å²) in [4.78, 5) is 35.1. The maximum absolute atomic E-state index is 12.9. The van der Waals surface area contributed by atoms with Crippen molar-refractivity contribution in [1.82, 2.24) is 0 Å². The van der Waals surface area contributed by atoms with Gasteiger partial charge in [-0.1, -0.05) is 13.8 Å². The van der Waals surface area contributed by atoms with E-state index in [1.807, 2.05) is 0 Å². The lowest BCUT2D eigenvalue weighted by Crippen LogP contribution is -2.20. The number of benzene rings is 2. The van der Waals surface area contributed by atoms with Gasteiger partial charge in [0.15, 0.2) is 9.84 Å². The van der Waals surface area contributed by atoms with E-state index in [4.69, 9.17) is 4.74 Å². The van der Waals surface area contributed by atoms with Crippen LogP contribution >= 0.6 is 0 Å². The van der Waals surface area contributed by atoms with Crippen LogP contribution in [0.5, 0.6) is 5.75 Å². The molecule has 172 valence electrons. The summed E-state index contributed by atoms with van der Waals surface area (Å²) >= 11 is 0. The molecule has 1 amide bonds. The van der Waals surface area contributed by atoms with Crippen LogP contribution in [0.3, 0.4) is 0 Å². The second-order valence-electron chi connectivity index (χ2n) is 6.82. The molecule has 0 unspecified atom stereocenters. The summed E-state index contributed by atoms with van der Waals surface area (Å²) < 4.78 is 35.6. The number of nitro groups is 1. The summed E-state index contributed by atoms with van der Waals surface area (Å²) in [7, 11) is -1.19. The molecule has 0 aliphatic rings. The highest BCUT2D eigenvalue weighted by atomic mass is 32.2. The van der Waals surface area contributed by atoms with Gasteiger partial charge >= 0.3 is 5.97 Å². The molecule has 11 heteroatoms. The Hall–Kier alpha value is -3.47. The fraction of sp³-hybridized carbons (Fsp3) is 0.333. The van der Waals surface area contributed by atoms with E-state index in [1.165, 1.54) is 25.3 Å². The molecule has 0 fully saturated rings. The first kappa shape index (κ1) is 24.8. The molecule has 2 rings (SSSR count). The number of methoxy groups -OCH3 is 2. The molecule has 0 bridgehead atoms. The molecule has 0 aliphatic carbocycles. The first-order valence-corrected chi connectivity index (χ1v) is 11.2. The zero-order valence-corrected chi connectivity index (χ0v) is 18.9. The topological polar surface area (TPSA) is 142 Å². The van der Waals surface area contributed by atoms with Crippen LogP contribution in [0.2, 0.25) is 0 Å². The number of esters is 1. The van der Waals surface area contributed by atoms with E-state index >= 15 is 0 Å². The van der Waals surface area contributed by atoms with Crippen LogP contribution in [0.25, 0.3) is 0 Å². The number of sulfone groups is 1. The van der Waals surface area contributed by atoms with Crippen molar-refractivity contribution in [1.29, 1.82) is 0 Å². The van der Waals surface area contributed by atoms with Gasteiger partial charge in [-0.3, -0.25) is 14.9 Å². The van der Waals surface area contributed by atoms with Crippen LogP contribution in [0.4, 0.5) is 11.4 Å². The maximum Gasteiger partial charge on any atom is 0.338 e. The minimum absolute atomic E-state index is 0.0107. The van der Waals surface area contributed by atoms with E-state index in [1.54, 1.807) is 13.8 Å². The van der Waals surface area contributed by atoms with Crippen molar-refractivity contribution in [3.8, 4) is 5.75 Å². The lowest BCUT2D eigenvalue weighted by molar-refractivity contribution is -0.384. The lowest BCUT2D eigenvalue weighted by Gasteiger charge is -2.16. The summed E-state index contributed by atoms with van der Waals surface area (Å²) in [6, 6.07) is 7.22. The van der Waals surface area contributed by atoms with Gasteiger partial charge in [0.2, 0.25) is 0 Å². The molecule has 0 radical (unpaired) electrons. The number of anilines is 1. The highest BCUT2D eigenvalue weighted by Crippen LogP contribution is 2.31. The molecule has 1 N–H and O–H groups in total. The molecule has 2 aromatic rings. The Morgan fingerprint density at radius 3 is 2.22 bits per heavy atom. The predicted octanol–water partition coefficient (Wildman–Crippen LogP) is 3.60. The highest BCUT2D eigenvalue weighted by molar-refractivity contribution is 7.92. The minimum Gasteiger partial charge on any atom is -0.495 e. The first-order chi connectivity index (χ1) is 15.1. The van der Waals surface area contributed by atoms with Crippen LogP contribution in [0.1, 0.15) is 47.4 Å². The van der Waals surface area contributed by atoms with E-state index in [0.717, 1.165) is 25.3 Å². The van der Waals surface area contributed by atoms with Gasteiger partial charge in [0, 0.05) is 17.7 Å². The number of carbonyl (C=O) groups excluding carboxylic acids is 2. The molecule has 0 aliphatic heterocycles. The number of amides is 1. The number of carbonyl (C=O) groups is 2. The minimum atomic E-state index is -3.65. The monoisotopic (exact) mass is 464 g/mol. The van der Waals surface area contributed by atoms with Crippen molar-refractivity contribution in [2.24, 2.45) is 0 Å². The zero-order valence-electron chi connectivity index (χ0n) is 18.1. The number of nitrogens with zero attached hydrogens (tertiary/aromatic N) is 1. The number of non-ortho nitro benzene ring substituents is 1. The third-order valence-electron chi connectivity index (χ3n) is 4.91. The maximum atomic E-state index is 12.9. The number of rotatable bonds is 9. The van der Waals surface area contributed by atoms with Crippen LogP contribution in [0.15, 0.2) is 41.3 Å². The summed E-state index contributed by atoms with van der Waals surface area (Å²) in [5.41, 5.74) is -0.774. The summed E-state index contributed by atoms with van der Waals surface area (Å²) in [6.07, 6.45) is 0.854. The van der Waals surface area contributed by atoms with E-state index in [2.05, 4.69) is 10.1 Å². The zero-order chi connectivity index (χ0) is 24.1. The number of ether oxygens (including phenoxy) is 2. The molecular formula is C21H24N2O8S. The van der Waals surface area contributed by atoms with E-state index < -0.39 is 37.6 Å². The van der Waals surface area contributed by atoms with Crippen molar-refractivity contribution in [2.45, 2.75) is 36.8 Å². The van der Waals surface area contributed by atoms with E-state index in [0.29, 0.717) is 12.8 Å². The Labute approximate surface area is 185 Å². The number of hydrogen-bond acceptors (Lipinski definition) is 8. The van der Waals surface area contributed by atoms with Gasteiger partial charge < -0.3 is 14.8 Å². The third kappa shape index (κ3) is 5.22. The van der Waals surface area contributed by atoms with Gasteiger partial charge in [0.1, 0.15) is 5.75 Å². The summed E-state index contributed by atoms with van der Waals surface area (Å²) in [5.74, 6) is -1.45. The van der Waals surface area contributed by atoms with Crippen LogP contribution in [-0.2, 0) is 14.6 Å². The van der Waals surface area contributed by atoms with Gasteiger partial charge in [-0.25, -0.2) is 13.2 Å². The molecule has 32 heavy (non-hydrogen) atoms. The van der Waals surface area contributed by atoms with Crippen LogP contribution in [-0.4, -0.2) is 44.7 Å². The Balaban J connectivity index is 2.50. The van der Waals surface area contributed by atoms with Crippen molar-refractivity contribution in [3.05, 3.63) is 57.6 Å². The van der Waals surface area contributed by atoms with Gasteiger partial charge in [-0.05, 0) is 37.1 Å². The lowest BCUT2D eigenvalue weighted by atomic mass is 10.1. The smallest absolute Gasteiger partial charge is 0.338 e. The normalized spacial score (nSPS) is 11.2. The number of nitro benzene ring substituents is 1. The third-order valence-corrected chi connectivity index (χ3v) is 7.36. The van der Waals surface area contributed by atoms with Crippen molar-refractivity contribution in [2.75, 3.05) is 19.5 Å². The molecule has 0 saturated carbocycles. The van der Waals surface area contributed by atoms with Gasteiger partial charge in [-0.2, -0.15) is 0 Å². The van der Waals surface area contributed by atoms with E-state index in [9.17, 15) is 28.1 Å². The molecule has 0 saturated heterocycles. The van der Waals surface area contributed by atoms with Crippen molar-refractivity contribution < 1.29 is 32.4 Å². The second kappa shape index (κ2) is 10.2. The van der Waals surface area contributed by atoms with Crippen molar-refractivity contribution in [3.63, 3.8) is 0 Å². The molecule has 2 aromatic carbocycles. The number of hydrogen-bond donors (Lipinski definition) is 1. The van der Waals surface area contributed by atoms with E-state index in [-0.39, 0.29) is 27.5 Å². The van der Waals surface area contributed by atoms with Crippen molar-refractivity contribution >= 4 is 33.1 Å². The Morgan fingerprint density at radius 2 is 1.69 bits per heavy atom.